The van der Waals surface area contributed by atoms with Gasteiger partial charge in [-0.15, -0.1) is 0 Å². The average Bonchev–Trinajstić information content (AvgIpc) is 2.27. The highest BCUT2D eigenvalue weighted by molar-refractivity contribution is 5.93. The summed E-state index contributed by atoms with van der Waals surface area (Å²) in [6.45, 7) is 4.79. The molecule has 5 heteroatoms. The third-order valence-corrected chi connectivity index (χ3v) is 1.99. The summed E-state index contributed by atoms with van der Waals surface area (Å²) in [5, 5.41) is 2.68. The zero-order valence-electron chi connectivity index (χ0n) is 9.37. The lowest BCUT2D eigenvalue weighted by molar-refractivity contribution is 0.0695. The second kappa shape index (κ2) is 6.17. The number of aromatic nitrogens is 1. The third-order valence-electron chi connectivity index (χ3n) is 1.99. The maximum atomic E-state index is 12.5. The zero-order valence-corrected chi connectivity index (χ0v) is 9.37. The molecule has 1 rings (SSSR count). The van der Waals surface area contributed by atoms with Gasteiger partial charge in [0.1, 0.15) is 0 Å². The Labute approximate surface area is 93.8 Å². The Morgan fingerprint density at radius 3 is 2.94 bits per heavy atom. The molecule has 1 amide bonds. The summed E-state index contributed by atoms with van der Waals surface area (Å²) in [6.07, 6.45) is 1.16. The lowest BCUT2D eigenvalue weighted by Gasteiger charge is -2.12. The van der Waals surface area contributed by atoms with E-state index in [1.165, 1.54) is 12.3 Å². The Bertz CT molecular complexity index is 340. The predicted octanol–water partition coefficient (Wildman–Crippen LogP) is 1.38. The summed E-state index contributed by atoms with van der Waals surface area (Å²) >= 11 is 0. The van der Waals surface area contributed by atoms with Crippen LogP contribution in [0.25, 0.3) is 0 Å². The monoisotopic (exact) mass is 226 g/mol. The first-order chi connectivity index (χ1) is 7.63. The second-order valence-electron chi connectivity index (χ2n) is 3.35. The van der Waals surface area contributed by atoms with Crippen molar-refractivity contribution in [1.29, 1.82) is 0 Å². The van der Waals surface area contributed by atoms with Crippen LogP contribution in [0.3, 0.4) is 0 Å². The minimum Gasteiger partial charge on any atom is -0.377 e. The smallest absolute Gasteiger partial charge is 0.252 e. The van der Waals surface area contributed by atoms with Gasteiger partial charge in [-0.05, 0) is 26.0 Å². The van der Waals surface area contributed by atoms with Crippen molar-refractivity contribution in [1.82, 2.24) is 10.3 Å². The molecule has 0 bridgehead atoms. The normalized spacial score (nSPS) is 12.2. The molecule has 0 aliphatic heterocycles. The lowest BCUT2D eigenvalue weighted by Crippen LogP contribution is -2.32. The van der Waals surface area contributed by atoms with Gasteiger partial charge in [0.25, 0.3) is 5.91 Å². The topological polar surface area (TPSA) is 51.2 Å². The molecule has 1 atom stereocenters. The van der Waals surface area contributed by atoms with Crippen LogP contribution in [0.2, 0.25) is 0 Å². The molecule has 0 aliphatic rings. The van der Waals surface area contributed by atoms with E-state index in [9.17, 15) is 9.18 Å². The van der Waals surface area contributed by atoms with E-state index in [1.807, 2.05) is 13.8 Å². The average molecular weight is 226 g/mol. The van der Waals surface area contributed by atoms with Crippen molar-refractivity contribution in [2.75, 3.05) is 13.2 Å². The molecule has 0 saturated heterocycles. The molecule has 1 heterocycles. The van der Waals surface area contributed by atoms with Crippen LogP contribution in [-0.4, -0.2) is 30.1 Å². The van der Waals surface area contributed by atoms with Crippen LogP contribution in [0.5, 0.6) is 0 Å². The molecule has 0 aliphatic carbocycles. The van der Waals surface area contributed by atoms with Crippen LogP contribution >= 0.6 is 0 Å². The second-order valence-corrected chi connectivity index (χ2v) is 3.35. The van der Waals surface area contributed by atoms with Gasteiger partial charge in [-0.3, -0.25) is 4.79 Å². The third kappa shape index (κ3) is 3.94. The minimum absolute atomic E-state index is 0.0395. The Kier molecular flexibility index (Phi) is 4.85. The first-order valence-corrected chi connectivity index (χ1v) is 5.14. The van der Waals surface area contributed by atoms with Gasteiger partial charge < -0.3 is 10.1 Å². The number of rotatable bonds is 5. The Hall–Kier alpha value is -1.49. The number of hydrogen-bond acceptors (Lipinski definition) is 3. The molecule has 1 aromatic heterocycles. The van der Waals surface area contributed by atoms with Crippen molar-refractivity contribution in [3.05, 3.63) is 29.8 Å². The van der Waals surface area contributed by atoms with E-state index in [0.717, 1.165) is 6.07 Å². The van der Waals surface area contributed by atoms with Crippen molar-refractivity contribution in [2.24, 2.45) is 0 Å². The summed E-state index contributed by atoms with van der Waals surface area (Å²) in [6, 6.07) is 2.55. The highest BCUT2D eigenvalue weighted by Gasteiger charge is 2.08. The molecule has 0 spiro atoms. The molecular weight excluding hydrogens is 211 g/mol. The van der Waals surface area contributed by atoms with Crippen molar-refractivity contribution < 1.29 is 13.9 Å². The fraction of sp³-hybridized carbons (Fsp3) is 0.455. The quantitative estimate of drug-likeness (QED) is 0.771. The van der Waals surface area contributed by atoms with E-state index in [0.29, 0.717) is 18.7 Å². The molecule has 0 saturated carbocycles. The SMILES string of the molecule is CCOC(C)CNC(=O)c1ccc(F)nc1. The number of carbonyl (C=O) groups excluding carboxylic acids is 1. The number of nitrogens with zero attached hydrogens (tertiary/aromatic N) is 1. The molecule has 16 heavy (non-hydrogen) atoms. The van der Waals surface area contributed by atoms with E-state index in [-0.39, 0.29) is 12.0 Å². The molecule has 1 N–H and O–H groups in total. The molecule has 0 radical (unpaired) electrons. The van der Waals surface area contributed by atoms with Gasteiger partial charge in [-0.1, -0.05) is 0 Å². The fourth-order valence-electron chi connectivity index (χ4n) is 1.19. The van der Waals surface area contributed by atoms with Crippen molar-refractivity contribution in [3.8, 4) is 0 Å². The van der Waals surface area contributed by atoms with Crippen molar-refractivity contribution in [2.45, 2.75) is 20.0 Å². The highest BCUT2D eigenvalue weighted by Crippen LogP contribution is 1.99. The molecule has 1 aromatic rings. The van der Waals surface area contributed by atoms with E-state index in [2.05, 4.69) is 10.3 Å². The van der Waals surface area contributed by atoms with Crippen LogP contribution in [-0.2, 0) is 4.74 Å². The van der Waals surface area contributed by atoms with Gasteiger partial charge in [-0.2, -0.15) is 4.39 Å². The summed E-state index contributed by atoms with van der Waals surface area (Å²) in [5.74, 6) is -0.877. The van der Waals surface area contributed by atoms with Crippen LogP contribution in [0, 0.1) is 5.95 Å². The van der Waals surface area contributed by atoms with Crippen LogP contribution in [0.1, 0.15) is 24.2 Å². The summed E-state index contributed by atoms with van der Waals surface area (Å²) < 4.78 is 17.8. The van der Waals surface area contributed by atoms with Gasteiger partial charge in [0, 0.05) is 19.3 Å². The number of ether oxygens (including phenoxy) is 1. The van der Waals surface area contributed by atoms with Crippen LogP contribution in [0.4, 0.5) is 4.39 Å². The Balaban J connectivity index is 2.43. The summed E-state index contributed by atoms with van der Waals surface area (Å²) in [4.78, 5) is 14.9. The summed E-state index contributed by atoms with van der Waals surface area (Å²) in [5.41, 5.74) is 0.338. The number of carbonyl (C=O) groups is 1. The lowest BCUT2D eigenvalue weighted by atomic mass is 10.2. The Morgan fingerprint density at radius 1 is 1.62 bits per heavy atom. The van der Waals surface area contributed by atoms with Crippen LogP contribution < -0.4 is 5.32 Å². The van der Waals surface area contributed by atoms with Crippen molar-refractivity contribution in [3.63, 3.8) is 0 Å². The number of hydrogen-bond donors (Lipinski definition) is 1. The molecule has 88 valence electrons. The number of halogens is 1. The number of nitrogens with one attached hydrogen (secondary N) is 1. The zero-order chi connectivity index (χ0) is 12.0. The minimum atomic E-state index is -0.598. The number of pyridine rings is 1. The molecular formula is C11H15FN2O2. The first kappa shape index (κ1) is 12.6. The molecule has 0 aromatic carbocycles. The van der Waals surface area contributed by atoms with Crippen LogP contribution in [0.15, 0.2) is 18.3 Å². The molecule has 0 fully saturated rings. The highest BCUT2D eigenvalue weighted by atomic mass is 19.1. The van der Waals surface area contributed by atoms with E-state index < -0.39 is 5.95 Å². The van der Waals surface area contributed by atoms with Crippen molar-refractivity contribution >= 4 is 5.91 Å². The van der Waals surface area contributed by atoms with Gasteiger partial charge in [0.15, 0.2) is 0 Å². The summed E-state index contributed by atoms with van der Waals surface area (Å²) in [7, 11) is 0. The van der Waals surface area contributed by atoms with Gasteiger partial charge in [-0.25, -0.2) is 4.98 Å². The first-order valence-electron chi connectivity index (χ1n) is 5.14. The largest absolute Gasteiger partial charge is 0.377 e. The van der Waals surface area contributed by atoms with Gasteiger partial charge in [0.05, 0.1) is 11.7 Å². The van der Waals surface area contributed by atoms with Gasteiger partial charge >= 0.3 is 0 Å². The fourth-order valence-corrected chi connectivity index (χ4v) is 1.19. The molecule has 4 nitrogen and oxygen atoms in total. The Morgan fingerprint density at radius 2 is 2.38 bits per heavy atom. The number of amides is 1. The molecule has 1 unspecified atom stereocenters. The maximum absolute atomic E-state index is 12.5. The predicted molar refractivity (Wildman–Crippen MR) is 57.6 cm³/mol. The standard InChI is InChI=1S/C11H15FN2O2/c1-3-16-8(2)6-14-11(15)9-4-5-10(12)13-7-9/h4-5,7-8H,3,6H2,1-2H3,(H,14,15). The van der Waals surface area contributed by atoms with Gasteiger partial charge in [0.2, 0.25) is 5.95 Å². The maximum Gasteiger partial charge on any atom is 0.252 e. The van der Waals surface area contributed by atoms with E-state index >= 15 is 0 Å². The van der Waals surface area contributed by atoms with E-state index in [4.69, 9.17) is 4.74 Å². The van der Waals surface area contributed by atoms with E-state index in [1.54, 1.807) is 0 Å².